The molecule has 4 rings (SSSR count). The quantitative estimate of drug-likeness (QED) is 0.0334. The van der Waals surface area contributed by atoms with Gasteiger partial charge in [0.15, 0.2) is 18.3 Å². The van der Waals surface area contributed by atoms with Crippen LogP contribution in [0.15, 0.2) is 47.6 Å². The number of carbonyl (C=O) groups is 8. The summed E-state index contributed by atoms with van der Waals surface area (Å²) in [6, 6.07) is 10.1. The van der Waals surface area contributed by atoms with Crippen molar-refractivity contribution in [3.8, 4) is 0 Å². The first kappa shape index (κ1) is 58.1. The molecule has 0 spiro atoms. The van der Waals surface area contributed by atoms with Gasteiger partial charge in [0.05, 0.1) is 35.6 Å². The number of alkyl halides is 3. The van der Waals surface area contributed by atoms with Gasteiger partial charge in [0.25, 0.3) is 17.7 Å². The van der Waals surface area contributed by atoms with Gasteiger partial charge in [0.1, 0.15) is 11.6 Å². The van der Waals surface area contributed by atoms with Crippen molar-refractivity contribution in [2.75, 3.05) is 45.3 Å². The minimum Gasteiger partial charge on any atom is -0.462 e. The summed E-state index contributed by atoms with van der Waals surface area (Å²) in [5, 5.41) is 9.15. The lowest BCUT2D eigenvalue weighted by Crippen LogP contribution is -2.57. The number of benzene rings is 2. The predicted octanol–water partition coefficient (Wildman–Crippen LogP) is 5.81. The molecule has 0 saturated carbocycles. The number of hydrogen-bond donors (Lipinski definition) is 3. The first-order valence-corrected chi connectivity index (χ1v) is 23.5. The maximum Gasteiger partial charge on any atom is 0.417 e. The summed E-state index contributed by atoms with van der Waals surface area (Å²) in [7, 11) is 1.81. The molecule has 19 nitrogen and oxygen atoms in total. The zero-order chi connectivity index (χ0) is 53.5. The fraction of sp³-hybridized carbons (Fsp3) is 0.479. The molecule has 3 aromatic rings. The fourth-order valence-corrected chi connectivity index (χ4v) is 9.16. The highest BCUT2D eigenvalue weighted by molar-refractivity contribution is 7.17. The van der Waals surface area contributed by atoms with Crippen molar-refractivity contribution in [1.29, 1.82) is 0 Å². The van der Waals surface area contributed by atoms with Crippen LogP contribution < -0.4 is 16.1 Å². The summed E-state index contributed by atoms with van der Waals surface area (Å²) in [6.45, 7) is 9.30. The van der Waals surface area contributed by atoms with E-state index in [1.54, 1.807) is 18.2 Å². The second-order valence-corrected chi connectivity index (χ2v) is 18.9. The number of amides is 3. The Labute approximate surface area is 422 Å². The molecular formula is C48H57ClF3N5O14S. The highest BCUT2D eigenvalue weighted by Gasteiger charge is 2.47. The van der Waals surface area contributed by atoms with Gasteiger partial charge in [-0.25, -0.2) is 5.43 Å². The van der Waals surface area contributed by atoms with Crippen LogP contribution in [0.5, 0.6) is 0 Å². The molecule has 4 atom stereocenters. The second kappa shape index (κ2) is 26.3. The van der Waals surface area contributed by atoms with Gasteiger partial charge >= 0.3 is 36.0 Å². The highest BCUT2D eigenvalue weighted by atomic mass is 35.5. The normalized spacial score (nSPS) is 14.7. The van der Waals surface area contributed by atoms with E-state index in [9.17, 15) is 51.5 Å². The van der Waals surface area contributed by atoms with Crippen LogP contribution in [0.1, 0.15) is 103 Å². The number of likely N-dealkylation sites (N-methyl/N-ethyl adjacent to an activating group) is 1. The maximum absolute atomic E-state index is 13.8. The topological polar surface area (TPSA) is 244 Å². The van der Waals surface area contributed by atoms with E-state index in [0.29, 0.717) is 36.5 Å². The van der Waals surface area contributed by atoms with Crippen molar-refractivity contribution in [2.45, 2.75) is 105 Å². The summed E-state index contributed by atoms with van der Waals surface area (Å²) >= 11 is 7.02. The molecule has 1 heterocycles. The number of hydrogen-bond acceptors (Lipinski definition) is 17. The third kappa shape index (κ3) is 18.0. The summed E-state index contributed by atoms with van der Waals surface area (Å²) in [5.41, 5.74) is 3.42. The van der Waals surface area contributed by atoms with Crippen molar-refractivity contribution in [1.82, 2.24) is 15.6 Å². The molecule has 3 amide bonds. The molecule has 0 unspecified atom stereocenters. The zero-order valence-corrected chi connectivity index (χ0v) is 42.4. The average molecular weight is 1050 g/mol. The van der Waals surface area contributed by atoms with Crippen molar-refractivity contribution in [2.24, 2.45) is 10.5 Å². The Morgan fingerprint density at radius 3 is 2.17 bits per heavy atom. The molecule has 392 valence electrons. The largest absolute Gasteiger partial charge is 0.462 e. The lowest BCUT2D eigenvalue weighted by molar-refractivity contribution is -0.203. The molecule has 0 radical (unpaired) electrons. The number of nitrogens with zero attached hydrogens (tertiary/aromatic N) is 2. The van der Waals surface area contributed by atoms with E-state index in [2.05, 4.69) is 35.0 Å². The van der Waals surface area contributed by atoms with Crippen molar-refractivity contribution in [3.63, 3.8) is 0 Å². The molecule has 0 saturated heterocycles. The van der Waals surface area contributed by atoms with Crippen LogP contribution in [0.2, 0.25) is 5.02 Å². The number of anilines is 1. The molecule has 0 aliphatic heterocycles. The Morgan fingerprint density at radius 2 is 1.53 bits per heavy atom. The molecule has 0 bridgehead atoms. The number of esters is 5. The average Bonchev–Trinajstić information content (AvgIpc) is 3.62. The predicted molar refractivity (Wildman–Crippen MR) is 255 cm³/mol. The van der Waals surface area contributed by atoms with E-state index in [1.165, 1.54) is 17.4 Å². The van der Waals surface area contributed by atoms with Gasteiger partial charge in [-0.15, -0.1) is 11.3 Å². The Bertz CT molecular complexity index is 2520. The van der Waals surface area contributed by atoms with Crippen molar-refractivity contribution < 1.29 is 79.9 Å². The molecule has 72 heavy (non-hydrogen) atoms. The van der Waals surface area contributed by atoms with Crippen LogP contribution in [0.25, 0.3) is 0 Å². The van der Waals surface area contributed by atoms with E-state index in [0.717, 1.165) is 75.4 Å². The van der Waals surface area contributed by atoms with E-state index in [-0.39, 0.29) is 36.3 Å². The monoisotopic (exact) mass is 1050 g/mol. The van der Waals surface area contributed by atoms with E-state index in [4.69, 9.17) is 40.0 Å². The van der Waals surface area contributed by atoms with Crippen LogP contribution in [-0.2, 0) is 82.8 Å². The minimum absolute atomic E-state index is 0.0443. The second-order valence-electron chi connectivity index (χ2n) is 17.4. The van der Waals surface area contributed by atoms with Gasteiger partial charge in [-0.05, 0) is 72.7 Å². The number of ether oxygens (including phenoxy) is 6. The summed E-state index contributed by atoms with van der Waals surface area (Å²) < 4.78 is 72.0. The molecule has 1 aliphatic carbocycles. The Hall–Kier alpha value is -6.43. The van der Waals surface area contributed by atoms with Gasteiger partial charge in [-0.3, -0.25) is 43.3 Å². The minimum atomic E-state index is -4.69. The lowest BCUT2D eigenvalue weighted by Gasteiger charge is -2.34. The third-order valence-corrected chi connectivity index (χ3v) is 12.1. The number of thiophene rings is 1. The third-order valence-electron chi connectivity index (χ3n) is 10.6. The Balaban J connectivity index is 1.37. The van der Waals surface area contributed by atoms with Crippen molar-refractivity contribution in [3.05, 3.63) is 85.7 Å². The summed E-state index contributed by atoms with van der Waals surface area (Å²) in [5.74, 6) is -6.77. The van der Waals surface area contributed by atoms with E-state index < -0.39 is 95.4 Å². The molecule has 24 heteroatoms. The van der Waals surface area contributed by atoms with Crippen LogP contribution in [0.3, 0.4) is 0 Å². The number of fused-ring (bicyclic) bond motifs is 1. The first-order chi connectivity index (χ1) is 33.7. The number of halogens is 4. The van der Waals surface area contributed by atoms with Gasteiger partial charge in [0, 0.05) is 64.7 Å². The van der Waals surface area contributed by atoms with Gasteiger partial charge in [0.2, 0.25) is 6.10 Å². The van der Waals surface area contributed by atoms with Gasteiger partial charge in [-0.2, -0.15) is 18.3 Å². The van der Waals surface area contributed by atoms with Crippen molar-refractivity contribution >= 4 is 81.7 Å². The van der Waals surface area contributed by atoms with Gasteiger partial charge < -0.3 is 39.1 Å². The number of hydrazone groups is 1. The molecule has 0 fully saturated rings. The van der Waals surface area contributed by atoms with Crippen LogP contribution in [0, 0.1) is 5.41 Å². The molecule has 1 aliphatic rings. The molecule has 3 N–H and O–H groups in total. The maximum atomic E-state index is 13.8. The number of rotatable bonds is 23. The summed E-state index contributed by atoms with van der Waals surface area (Å²) in [6.07, 6.45) is -8.86. The number of nitrogens with one attached hydrogen (secondary N) is 3. The fourth-order valence-electron chi connectivity index (χ4n) is 7.44. The Morgan fingerprint density at radius 1 is 0.861 bits per heavy atom. The molecule has 2 aromatic carbocycles. The molecular weight excluding hydrogens is 995 g/mol. The Kier molecular flexibility index (Phi) is 21.3. The van der Waals surface area contributed by atoms with Crippen LogP contribution in [0.4, 0.5) is 18.2 Å². The van der Waals surface area contributed by atoms with Crippen LogP contribution >= 0.6 is 22.9 Å². The standard InChI is InChI=1S/C48H57ClF3N5O14S/c1-26(58)67-25-37(68-27(2)59)40(69-28(3)60)41(70-29(4)61)42(71-30(5)62)45(65)53-16-18-66-19-17-57(8)24-32-10-9-11-33(20-32)43(63)55-46-39(34-14-15-47(6,7)22-38(34)72-46)44(64)56-54-23-31-12-13-36(49)35(21-31)48(50,51)52/h9-13,20-21,23,37,40-42H,14-19,22,24-25H2,1-8H3,(H,53,65)(H,55,63)(H,56,64)/b54-23+/t37-,40-,41+,42-/m1/s1. The number of carbonyl (C=O) groups excluding carboxylic acids is 8. The van der Waals surface area contributed by atoms with Crippen LogP contribution in [-0.4, -0.2) is 123 Å². The lowest BCUT2D eigenvalue weighted by atomic mass is 9.77. The highest BCUT2D eigenvalue weighted by Crippen LogP contribution is 2.44. The SMILES string of the molecule is CC(=O)OC[C@@H](OC(C)=O)[C@@H](OC(C)=O)[C@H](OC(C)=O)[C@@H](OC(C)=O)C(=O)NCCOCCN(C)Cc1cccc(C(=O)Nc2sc3c(c2C(=O)N/N=C/c2ccc(Cl)c(C(F)(F)F)c2)CCC(C)(C)C3)c1. The van der Waals surface area contributed by atoms with E-state index >= 15 is 0 Å². The zero-order valence-electron chi connectivity index (χ0n) is 40.8. The summed E-state index contributed by atoms with van der Waals surface area (Å²) in [4.78, 5) is 104. The van der Waals surface area contributed by atoms with E-state index in [1.807, 2.05) is 18.0 Å². The molecule has 1 aromatic heterocycles. The van der Waals surface area contributed by atoms with Gasteiger partial charge in [-0.1, -0.05) is 43.6 Å². The smallest absolute Gasteiger partial charge is 0.417 e. The first-order valence-electron chi connectivity index (χ1n) is 22.4.